The van der Waals surface area contributed by atoms with Crippen LogP contribution in [-0.2, 0) is 11.4 Å². The van der Waals surface area contributed by atoms with Gasteiger partial charge in [0.15, 0.2) is 46.4 Å². The Kier molecular flexibility index (Phi) is 5.24. The van der Waals surface area contributed by atoms with E-state index >= 15 is 0 Å². The summed E-state index contributed by atoms with van der Waals surface area (Å²) in [4.78, 5) is 0. The van der Waals surface area contributed by atoms with Gasteiger partial charge in [0.1, 0.15) is 0 Å². The van der Waals surface area contributed by atoms with Crippen LogP contribution in [0.1, 0.15) is 11.1 Å². The molecule has 146 valence electrons. The standard InChI is InChI=1S/C18H9F7N2S/c1-6-4-3-5-7(2)17(6)26-28-27-18-13(22)9-8(12(21)16(18)25)10(19)14(23)15(24)11(9)20/h3-5H,1-2H3. The summed E-state index contributed by atoms with van der Waals surface area (Å²) in [5.41, 5.74) is 0.552. The van der Waals surface area contributed by atoms with Crippen LogP contribution in [0.4, 0.5) is 42.1 Å². The van der Waals surface area contributed by atoms with Crippen LogP contribution in [0.5, 0.6) is 0 Å². The van der Waals surface area contributed by atoms with E-state index in [1.807, 2.05) is 0 Å². The second-order valence-corrected chi connectivity index (χ2v) is 6.33. The normalized spacial score (nSPS) is 11.0. The first-order chi connectivity index (χ1) is 13.2. The molecule has 0 aliphatic rings. The van der Waals surface area contributed by atoms with Gasteiger partial charge in [-0.1, -0.05) is 18.2 Å². The molecule has 0 saturated heterocycles. The van der Waals surface area contributed by atoms with Crippen molar-refractivity contribution >= 4 is 33.5 Å². The fourth-order valence-corrected chi connectivity index (χ4v) is 3.26. The summed E-state index contributed by atoms with van der Waals surface area (Å²) in [6, 6.07) is 5.20. The van der Waals surface area contributed by atoms with Gasteiger partial charge >= 0.3 is 0 Å². The van der Waals surface area contributed by atoms with E-state index in [2.05, 4.69) is 8.73 Å². The van der Waals surface area contributed by atoms with Crippen LogP contribution in [0.15, 0.2) is 26.9 Å². The minimum absolute atomic E-state index is 0.270. The molecule has 0 aliphatic heterocycles. The maximum atomic E-state index is 14.5. The van der Waals surface area contributed by atoms with E-state index in [0.717, 1.165) is 11.1 Å². The molecule has 0 aliphatic carbocycles. The molecule has 2 nitrogen and oxygen atoms in total. The van der Waals surface area contributed by atoms with E-state index in [-0.39, 0.29) is 11.4 Å². The van der Waals surface area contributed by atoms with Crippen molar-refractivity contribution in [3.8, 4) is 0 Å². The molecule has 3 aromatic rings. The molecule has 0 spiro atoms. The highest BCUT2D eigenvalue weighted by molar-refractivity contribution is 7.57. The summed E-state index contributed by atoms with van der Waals surface area (Å²) in [5, 5.41) is -3.26. The third-order valence-electron chi connectivity index (χ3n) is 4.02. The molecule has 0 N–H and O–H groups in total. The fraction of sp³-hybridized carbons (Fsp3) is 0.111. The third-order valence-corrected chi connectivity index (χ3v) is 4.55. The molecule has 10 heteroatoms. The van der Waals surface area contributed by atoms with Gasteiger partial charge in [-0.2, -0.15) is 8.73 Å². The molecule has 0 amide bonds. The van der Waals surface area contributed by atoms with Crippen LogP contribution in [0, 0.1) is 54.6 Å². The minimum Gasteiger partial charge on any atom is -0.204 e. The molecule has 3 rings (SSSR count). The second-order valence-electron chi connectivity index (χ2n) is 5.80. The molecule has 0 fully saturated rings. The third kappa shape index (κ3) is 3.07. The monoisotopic (exact) mass is 418 g/mol. The molecule has 0 saturated carbocycles. The van der Waals surface area contributed by atoms with Crippen molar-refractivity contribution < 1.29 is 30.7 Å². The number of benzene rings is 3. The van der Waals surface area contributed by atoms with Gasteiger partial charge in [0.2, 0.25) is 0 Å². The molecule has 0 unspecified atom stereocenters. The number of aryl methyl sites for hydroxylation is 2. The molecule has 3 aromatic carbocycles. The first-order valence-electron chi connectivity index (χ1n) is 7.63. The van der Waals surface area contributed by atoms with E-state index in [1.54, 1.807) is 32.0 Å². The Morgan fingerprint density at radius 3 is 1.54 bits per heavy atom. The number of nitrogens with zero attached hydrogens (tertiary/aromatic N) is 2. The van der Waals surface area contributed by atoms with Gasteiger partial charge in [-0.15, -0.1) is 0 Å². The highest BCUT2D eigenvalue weighted by Gasteiger charge is 2.30. The lowest BCUT2D eigenvalue weighted by Crippen LogP contribution is -2.04. The van der Waals surface area contributed by atoms with Crippen molar-refractivity contribution in [2.75, 3.05) is 0 Å². The Balaban J connectivity index is 2.30. The Morgan fingerprint density at radius 1 is 0.571 bits per heavy atom. The van der Waals surface area contributed by atoms with Crippen LogP contribution >= 0.6 is 0 Å². The largest absolute Gasteiger partial charge is 0.204 e. The molecule has 0 radical (unpaired) electrons. The van der Waals surface area contributed by atoms with Crippen molar-refractivity contribution in [1.82, 2.24) is 0 Å². The zero-order valence-electron chi connectivity index (χ0n) is 14.2. The van der Waals surface area contributed by atoms with Gasteiger partial charge in [0, 0.05) is 0 Å². The Bertz CT molecular complexity index is 1180. The summed E-state index contributed by atoms with van der Waals surface area (Å²) in [5.74, 6) is -15.1. The van der Waals surface area contributed by atoms with E-state index < -0.39 is 57.2 Å². The van der Waals surface area contributed by atoms with Gasteiger partial charge in [-0.05, 0) is 25.0 Å². The maximum absolute atomic E-state index is 14.5. The lowest BCUT2D eigenvalue weighted by atomic mass is 10.1. The lowest BCUT2D eigenvalue weighted by Gasteiger charge is -2.09. The molecular formula is C18H9F7N2S. The summed E-state index contributed by atoms with van der Waals surface area (Å²) in [6.45, 7) is 3.44. The minimum atomic E-state index is -2.38. The Morgan fingerprint density at radius 2 is 1.00 bits per heavy atom. The molecule has 0 atom stereocenters. The average Bonchev–Trinajstić information content (AvgIpc) is 2.65. The van der Waals surface area contributed by atoms with Gasteiger partial charge in [-0.25, -0.2) is 30.7 Å². The number of halogens is 7. The van der Waals surface area contributed by atoms with Crippen LogP contribution in [0.3, 0.4) is 0 Å². The summed E-state index contributed by atoms with van der Waals surface area (Å²) >= 11 is 0.270. The average molecular weight is 418 g/mol. The highest BCUT2D eigenvalue weighted by atomic mass is 32.1. The summed E-state index contributed by atoms with van der Waals surface area (Å²) in [7, 11) is 0. The lowest BCUT2D eigenvalue weighted by molar-refractivity contribution is 0.412. The quantitative estimate of drug-likeness (QED) is 0.247. The smallest absolute Gasteiger partial charge is 0.198 e. The zero-order valence-corrected chi connectivity index (χ0v) is 15.0. The van der Waals surface area contributed by atoms with Crippen LogP contribution in [-0.4, -0.2) is 0 Å². The Hall–Kier alpha value is -2.75. The van der Waals surface area contributed by atoms with Crippen LogP contribution < -0.4 is 0 Å². The number of hydrogen-bond acceptors (Lipinski definition) is 2. The maximum Gasteiger partial charge on any atom is 0.198 e. The van der Waals surface area contributed by atoms with Crippen molar-refractivity contribution in [2.45, 2.75) is 13.8 Å². The van der Waals surface area contributed by atoms with E-state index in [0.29, 0.717) is 5.69 Å². The van der Waals surface area contributed by atoms with Gasteiger partial charge < -0.3 is 0 Å². The van der Waals surface area contributed by atoms with Crippen molar-refractivity contribution in [1.29, 1.82) is 0 Å². The predicted molar refractivity (Wildman–Crippen MR) is 91.1 cm³/mol. The van der Waals surface area contributed by atoms with Crippen LogP contribution in [0.2, 0.25) is 0 Å². The SMILES string of the molecule is Cc1cccc(C)c1N=S=Nc1c(F)c(F)c2c(F)c(F)c(F)c(F)c2c1F. The Labute approximate surface area is 157 Å². The molecular weight excluding hydrogens is 409 g/mol. The number of rotatable bonds is 2. The fourth-order valence-electron chi connectivity index (χ4n) is 2.60. The van der Waals surface area contributed by atoms with Gasteiger partial charge in [-0.3, -0.25) is 0 Å². The number of hydrogen-bond donors (Lipinski definition) is 0. The second kappa shape index (κ2) is 7.34. The first-order valence-corrected chi connectivity index (χ1v) is 8.36. The van der Waals surface area contributed by atoms with E-state index in [4.69, 9.17) is 0 Å². The highest BCUT2D eigenvalue weighted by Crippen LogP contribution is 2.37. The first kappa shape index (κ1) is 20.0. The van der Waals surface area contributed by atoms with Crippen molar-refractivity contribution in [3.05, 3.63) is 70.0 Å². The van der Waals surface area contributed by atoms with E-state index in [9.17, 15) is 30.7 Å². The predicted octanol–water partition coefficient (Wildman–Crippen LogP) is 6.84. The van der Waals surface area contributed by atoms with Crippen molar-refractivity contribution in [2.24, 2.45) is 8.73 Å². The zero-order chi connectivity index (χ0) is 20.7. The molecule has 28 heavy (non-hydrogen) atoms. The van der Waals surface area contributed by atoms with E-state index in [1.165, 1.54) is 0 Å². The molecule has 0 bridgehead atoms. The summed E-state index contributed by atoms with van der Waals surface area (Å²) < 4.78 is 104. The molecule has 0 aromatic heterocycles. The topological polar surface area (TPSA) is 24.7 Å². The van der Waals surface area contributed by atoms with Gasteiger partial charge in [0.05, 0.1) is 27.8 Å². The van der Waals surface area contributed by atoms with Crippen molar-refractivity contribution in [3.63, 3.8) is 0 Å². The van der Waals surface area contributed by atoms with Gasteiger partial charge in [0.25, 0.3) is 0 Å². The summed E-state index contributed by atoms with van der Waals surface area (Å²) in [6.07, 6.45) is 0. The molecule has 0 heterocycles. The van der Waals surface area contributed by atoms with Crippen LogP contribution in [0.25, 0.3) is 10.8 Å². The number of fused-ring (bicyclic) bond motifs is 1.